The minimum absolute atomic E-state index is 0.440. The highest BCUT2D eigenvalue weighted by molar-refractivity contribution is 5.76. The maximum absolute atomic E-state index is 12.4. The Bertz CT molecular complexity index is 311. The fourth-order valence-corrected chi connectivity index (χ4v) is 4.43. The molecule has 1 saturated carbocycles. The normalized spacial score (nSPS) is 29.8. The maximum Gasteiger partial charge on any atom is 0.222 e. The Hall–Kier alpha value is -0.570. The van der Waals surface area contributed by atoms with Crippen LogP contribution in [0.15, 0.2) is 0 Å². The highest BCUT2D eigenvalue weighted by Crippen LogP contribution is 2.29. The summed E-state index contributed by atoms with van der Waals surface area (Å²) in [7, 11) is 0. The van der Waals surface area contributed by atoms with Gasteiger partial charge in [0.05, 0.1) is 0 Å². The number of nitrogens with one attached hydrogen (secondary N) is 1. The number of piperidine rings is 1. The summed E-state index contributed by atoms with van der Waals surface area (Å²) in [5.74, 6) is 1.94. The number of rotatable bonds is 3. The molecule has 3 heteroatoms. The van der Waals surface area contributed by atoms with Gasteiger partial charge in [-0.15, -0.1) is 0 Å². The lowest BCUT2D eigenvalue weighted by atomic mass is 9.85. The lowest BCUT2D eigenvalue weighted by molar-refractivity contribution is -0.134. The smallest absolute Gasteiger partial charge is 0.222 e. The van der Waals surface area contributed by atoms with Crippen molar-refractivity contribution in [1.29, 1.82) is 0 Å². The summed E-state index contributed by atoms with van der Waals surface area (Å²) in [6, 6.07) is 0.741. The Morgan fingerprint density at radius 3 is 2.35 bits per heavy atom. The van der Waals surface area contributed by atoms with E-state index in [0.717, 1.165) is 31.5 Å². The Balaban J connectivity index is 1.41. The lowest BCUT2D eigenvalue weighted by Crippen LogP contribution is -2.43. The van der Waals surface area contributed by atoms with Crippen molar-refractivity contribution in [3.63, 3.8) is 0 Å². The van der Waals surface area contributed by atoms with E-state index in [2.05, 4.69) is 10.2 Å². The van der Waals surface area contributed by atoms with Crippen LogP contribution in [-0.2, 0) is 4.79 Å². The summed E-state index contributed by atoms with van der Waals surface area (Å²) in [6.45, 7) is 3.22. The van der Waals surface area contributed by atoms with Crippen LogP contribution in [0.3, 0.4) is 0 Å². The van der Waals surface area contributed by atoms with Crippen molar-refractivity contribution in [1.82, 2.24) is 10.2 Å². The highest BCUT2D eigenvalue weighted by Gasteiger charge is 2.30. The predicted molar refractivity (Wildman–Crippen MR) is 81.5 cm³/mol. The number of amides is 1. The number of hydrogen-bond donors (Lipinski definition) is 1. The monoisotopic (exact) mass is 278 g/mol. The van der Waals surface area contributed by atoms with Crippen molar-refractivity contribution in [3.05, 3.63) is 0 Å². The Labute approximate surface area is 123 Å². The number of hydrogen-bond acceptors (Lipinski definition) is 2. The first-order chi connectivity index (χ1) is 9.83. The molecule has 3 rings (SSSR count). The van der Waals surface area contributed by atoms with Crippen molar-refractivity contribution in [2.24, 2.45) is 11.8 Å². The van der Waals surface area contributed by atoms with Crippen LogP contribution in [0, 0.1) is 11.8 Å². The molecule has 0 aromatic heterocycles. The summed E-state index contributed by atoms with van der Waals surface area (Å²) < 4.78 is 0. The van der Waals surface area contributed by atoms with Gasteiger partial charge in [-0.05, 0) is 56.9 Å². The fourth-order valence-electron chi connectivity index (χ4n) is 4.43. The predicted octanol–water partition coefficient (Wildman–Crippen LogP) is 2.95. The third-order valence-corrected chi connectivity index (χ3v) is 5.75. The molecule has 0 bridgehead atoms. The third-order valence-electron chi connectivity index (χ3n) is 5.75. The molecule has 20 heavy (non-hydrogen) atoms. The molecule has 0 aromatic rings. The van der Waals surface area contributed by atoms with Crippen LogP contribution in [0.5, 0.6) is 0 Å². The molecular weight excluding hydrogens is 248 g/mol. The van der Waals surface area contributed by atoms with Crippen LogP contribution in [0.1, 0.15) is 64.2 Å². The van der Waals surface area contributed by atoms with Gasteiger partial charge >= 0.3 is 0 Å². The van der Waals surface area contributed by atoms with Gasteiger partial charge in [0.25, 0.3) is 0 Å². The molecule has 3 aliphatic rings. The summed E-state index contributed by atoms with van der Waals surface area (Å²) in [4.78, 5) is 14.6. The Kier molecular flexibility index (Phi) is 4.98. The fraction of sp³-hybridized carbons (Fsp3) is 0.941. The minimum atomic E-state index is 0.440. The standard InChI is InChI=1S/C17H30N2O/c20-17(13-14-5-2-1-3-6-14)19-11-8-15(9-12-19)16-7-4-10-18-16/h14-16,18H,1-13H2. The first kappa shape index (κ1) is 14.4. The molecule has 1 amide bonds. The quantitative estimate of drug-likeness (QED) is 0.861. The Morgan fingerprint density at radius 2 is 1.70 bits per heavy atom. The van der Waals surface area contributed by atoms with Gasteiger partial charge < -0.3 is 10.2 Å². The van der Waals surface area contributed by atoms with Gasteiger partial charge in [0.2, 0.25) is 5.91 Å². The van der Waals surface area contributed by atoms with E-state index in [1.807, 2.05) is 0 Å². The zero-order chi connectivity index (χ0) is 13.8. The van der Waals surface area contributed by atoms with E-state index in [-0.39, 0.29) is 0 Å². The summed E-state index contributed by atoms with van der Waals surface area (Å²) in [5, 5.41) is 3.63. The second-order valence-electron chi connectivity index (χ2n) is 7.13. The van der Waals surface area contributed by atoms with Crippen molar-refractivity contribution in [2.75, 3.05) is 19.6 Å². The van der Waals surface area contributed by atoms with E-state index in [1.54, 1.807) is 0 Å². The molecule has 1 N–H and O–H groups in total. The van der Waals surface area contributed by atoms with Crippen LogP contribution in [0.4, 0.5) is 0 Å². The molecule has 1 atom stereocenters. The summed E-state index contributed by atoms with van der Waals surface area (Å²) >= 11 is 0. The molecule has 3 nitrogen and oxygen atoms in total. The number of carbonyl (C=O) groups is 1. The van der Waals surface area contributed by atoms with Gasteiger partial charge in [-0.3, -0.25) is 4.79 Å². The average Bonchev–Trinajstić information content (AvgIpc) is 3.03. The molecule has 2 aliphatic heterocycles. The molecular formula is C17H30N2O. The van der Waals surface area contributed by atoms with Crippen LogP contribution < -0.4 is 5.32 Å². The molecule has 1 unspecified atom stereocenters. The molecule has 1 aliphatic carbocycles. The van der Waals surface area contributed by atoms with E-state index in [4.69, 9.17) is 0 Å². The first-order valence-electron chi connectivity index (χ1n) is 8.84. The van der Waals surface area contributed by atoms with E-state index >= 15 is 0 Å². The maximum atomic E-state index is 12.4. The molecule has 3 fully saturated rings. The van der Waals surface area contributed by atoms with E-state index < -0.39 is 0 Å². The SMILES string of the molecule is O=C(CC1CCCCC1)N1CCC(C2CCCN2)CC1. The highest BCUT2D eigenvalue weighted by atomic mass is 16.2. The van der Waals surface area contributed by atoms with Gasteiger partial charge in [-0.1, -0.05) is 19.3 Å². The number of carbonyl (C=O) groups excluding carboxylic acids is 1. The van der Waals surface area contributed by atoms with Crippen LogP contribution >= 0.6 is 0 Å². The van der Waals surface area contributed by atoms with E-state index in [1.165, 1.54) is 64.3 Å². The molecule has 114 valence electrons. The second kappa shape index (κ2) is 6.93. The third kappa shape index (κ3) is 3.55. The number of nitrogens with zero attached hydrogens (tertiary/aromatic N) is 1. The van der Waals surface area contributed by atoms with Crippen LogP contribution in [0.25, 0.3) is 0 Å². The second-order valence-corrected chi connectivity index (χ2v) is 7.13. The van der Waals surface area contributed by atoms with E-state index in [0.29, 0.717) is 11.8 Å². The first-order valence-corrected chi connectivity index (χ1v) is 8.84. The molecule has 0 spiro atoms. The van der Waals surface area contributed by atoms with Crippen molar-refractivity contribution < 1.29 is 4.79 Å². The zero-order valence-electron chi connectivity index (χ0n) is 12.8. The van der Waals surface area contributed by atoms with Crippen molar-refractivity contribution >= 4 is 5.91 Å². The van der Waals surface area contributed by atoms with Gasteiger partial charge in [0.15, 0.2) is 0 Å². The molecule has 0 radical (unpaired) electrons. The van der Waals surface area contributed by atoms with Gasteiger partial charge in [0.1, 0.15) is 0 Å². The topological polar surface area (TPSA) is 32.3 Å². The van der Waals surface area contributed by atoms with Crippen molar-refractivity contribution in [3.8, 4) is 0 Å². The van der Waals surface area contributed by atoms with Gasteiger partial charge in [0, 0.05) is 25.6 Å². The number of likely N-dealkylation sites (tertiary alicyclic amines) is 1. The minimum Gasteiger partial charge on any atom is -0.343 e. The van der Waals surface area contributed by atoms with Gasteiger partial charge in [-0.25, -0.2) is 0 Å². The van der Waals surface area contributed by atoms with Crippen molar-refractivity contribution in [2.45, 2.75) is 70.3 Å². The molecule has 2 heterocycles. The summed E-state index contributed by atoms with van der Waals surface area (Å²) in [6.07, 6.45) is 12.6. The average molecular weight is 278 g/mol. The Morgan fingerprint density at radius 1 is 0.950 bits per heavy atom. The summed E-state index contributed by atoms with van der Waals surface area (Å²) in [5.41, 5.74) is 0. The largest absolute Gasteiger partial charge is 0.343 e. The molecule has 2 saturated heterocycles. The van der Waals surface area contributed by atoms with E-state index in [9.17, 15) is 4.79 Å². The lowest BCUT2D eigenvalue weighted by Gasteiger charge is -2.35. The molecule has 0 aromatic carbocycles. The zero-order valence-corrected chi connectivity index (χ0v) is 12.8. The van der Waals surface area contributed by atoms with Gasteiger partial charge in [-0.2, -0.15) is 0 Å². The van der Waals surface area contributed by atoms with Crippen LogP contribution in [0.2, 0.25) is 0 Å². The van der Waals surface area contributed by atoms with Crippen LogP contribution in [-0.4, -0.2) is 36.5 Å².